The number of carbonyl (C=O) groups excluding carboxylic acids is 1. The van der Waals surface area contributed by atoms with E-state index in [-0.39, 0.29) is 0 Å². The van der Waals surface area contributed by atoms with Crippen molar-refractivity contribution in [1.29, 1.82) is 0 Å². The van der Waals surface area contributed by atoms with E-state index in [0.717, 1.165) is 75.5 Å². The Labute approximate surface area is 225 Å². The number of nitrogens with zero attached hydrogens (tertiary/aromatic N) is 3. The van der Waals surface area contributed by atoms with Crippen molar-refractivity contribution >= 4 is 5.78 Å². The minimum atomic E-state index is 0.411. The molecule has 0 atom stereocenters. The van der Waals surface area contributed by atoms with E-state index in [1.165, 1.54) is 22.4 Å². The first-order valence-electron chi connectivity index (χ1n) is 13.4. The summed E-state index contributed by atoms with van der Waals surface area (Å²) in [5, 5.41) is 7.81. The summed E-state index contributed by atoms with van der Waals surface area (Å²) in [6.45, 7) is 5.76. The van der Waals surface area contributed by atoms with Gasteiger partial charge in [-0.05, 0) is 23.3 Å². The molecule has 0 radical (unpaired) electrons. The second-order valence-electron chi connectivity index (χ2n) is 9.98. The van der Waals surface area contributed by atoms with Gasteiger partial charge in [0, 0.05) is 75.4 Å². The monoisotopic (exact) mass is 508 g/mol. The first-order valence-corrected chi connectivity index (χ1v) is 13.4. The highest BCUT2D eigenvalue weighted by Gasteiger charge is 2.24. The van der Waals surface area contributed by atoms with E-state index in [9.17, 15) is 4.79 Å². The van der Waals surface area contributed by atoms with E-state index in [1.807, 2.05) is 24.3 Å². The molecule has 0 aliphatic carbocycles. The Kier molecular flexibility index (Phi) is 8.64. The number of Topliss-reactive ketones (excluding diaryl/α,β-unsaturated/α-hetero) is 1. The second-order valence-corrected chi connectivity index (χ2v) is 9.98. The summed E-state index contributed by atoms with van der Waals surface area (Å²) in [6.07, 6.45) is 2.46. The average Bonchev–Trinajstić information content (AvgIpc) is 3.39. The van der Waals surface area contributed by atoms with Crippen molar-refractivity contribution in [3.63, 3.8) is 0 Å². The summed E-state index contributed by atoms with van der Waals surface area (Å²) in [5.74, 6) is 1.28. The minimum absolute atomic E-state index is 0.411. The Balaban J connectivity index is 0.000000179. The third-order valence-corrected chi connectivity index (χ3v) is 7.29. The molecule has 1 saturated heterocycles. The molecule has 2 aliphatic heterocycles. The number of hydrogen-bond acceptors (Lipinski definition) is 5. The van der Waals surface area contributed by atoms with Gasteiger partial charge in [-0.3, -0.25) is 19.7 Å². The number of likely N-dealkylation sites (tertiary alicyclic amines) is 1. The highest BCUT2D eigenvalue weighted by Crippen LogP contribution is 2.34. The summed E-state index contributed by atoms with van der Waals surface area (Å²) in [4.78, 5) is 15.9. The van der Waals surface area contributed by atoms with Crippen molar-refractivity contribution in [1.82, 2.24) is 20.0 Å². The van der Waals surface area contributed by atoms with E-state index >= 15 is 0 Å². The molecule has 196 valence electrons. The lowest BCUT2D eigenvalue weighted by molar-refractivity contribution is -0.121. The molecule has 0 saturated carbocycles. The van der Waals surface area contributed by atoms with Crippen molar-refractivity contribution in [2.75, 3.05) is 26.7 Å². The molecule has 1 fully saturated rings. The zero-order valence-electron chi connectivity index (χ0n) is 22.1. The molecule has 38 heavy (non-hydrogen) atoms. The smallest absolute Gasteiger partial charge is 0.135 e. The first kappa shape index (κ1) is 25.9. The zero-order chi connectivity index (χ0) is 26.2. The summed E-state index contributed by atoms with van der Waals surface area (Å²) < 4.78 is 5.52. The number of nitrogens with one attached hydrogen (secondary N) is 1. The van der Waals surface area contributed by atoms with Crippen LogP contribution in [-0.2, 0) is 30.8 Å². The van der Waals surface area contributed by atoms with Crippen molar-refractivity contribution in [3.8, 4) is 17.0 Å². The minimum Gasteiger partial charge on any atom is -0.496 e. The molecule has 1 N–H and O–H groups in total. The van der Waals surface area contributed by atoms with Gasteiger partial charge in [-0.15, -0.1) is 0 Å². The van der Waals surface area contributed by atoms with Gasteiger partial charge in [0.1, 0.15) is 17.2 Å². The molecule has 6 rings (SSSR count). The van der Waals surface area contributed by atoms with Gasteiger partial charge in [0.2, 0.25) is 0 Å². The van der Waals surface area contributed by atoms with Crippen LogP contribution >= 0.6 is 0 Å². The zero-order valence-corrected chi connectivity index (χ0v) is 22.1. The molecular formula is C32H36N4O2. The largest absolute Gasteiger partial charge is 0.496 e. The molecule has 0 amide bonds. The van der Waals surface area contributed by atoms with Gasteiger partial charge in [0.05, 0.1) is 7.11 Å². The Morgan fingerprint density at radius 1 is 0.763 bits per heavy atom. The van der Waals surface area contributed by atoms with E-state index in [0.29, 0.717) is 5.78 Å². The lowest BCUT2D eigenvalue weighted by atomic mass is 10.00. The van der Waals surface area contributed by atoms with E-state index in [2.05, 4.69) is 80.7 Å². The van der Waals surface area contributed by atoms with Crippen LogP contribution in [0.4, 0.5) is 0 Å². The fourth-order valence-corrected chi connectivity index (χ4v) is 5.19. The predicted octanol–water partition coefficient (Wildman–Crippen LogP) is 5.50. The number of hydrogen-bond donors (Lipinski definition) is 1. The van der Waals surface area contributed by atoms with Crippen LogP contribution in [0, 0.1) is 0 Å². The number of aromatic amines is 1. The number of para-hydroxylation sites is 1. The average molecular weight is 509 g/mol. The number of aromatic nitrogens is 2. The molecule has 0 unspecified atom stereocenters. The van der Waals surface area contributed by atoms with Gasteiger partial charge in [0.25, 0.3) is 0 Å². The van der Waals surface area contributed by atoms with Gasteiger partial charge >= 0.3 is 0 Å². The van der Waals surface area contributed by atoms with E-state index < -0.39 is 0 Å². The number of ketones is 1. The fourth-order valence-electron chi connectivity index (χ4n) is 5.19. The van der Waals surface area contributed by atoms with E-state index in [1.54, 1.807) is 7.11 Å². The summed E-state index contributed by atoms with van der Waals surface area (Å²) in [7, 11) is 1.71. The molecule has 3 aromatic carbocycles. The number of benzene rings is 3. The number of carbonyl (C=O) groups is 1. The van der Waals surface area contributed by atoms with Crippen LogP contribution in [0.5, 0.6) is 5.75 Å². The van der Waals surface area contributed by atoms with Crippen molar-refractivity contribution < 1.29 is 9.53 Å². The Morgan fingerprint density at radius 2 is 1.34 bits per heavy atom. The standard InChI is InChI=1S/C20H21N3O.C12H15NO/c1-24-19-10-6-5-9-16(19)20-17-14-23(12-11-18(17)21-22-20)13-15-7-3-2-4-8-15;14-12-6-8-13(9-7-12)10-11-4-2-1-3-5-11/h2-10H,11-14H2,1H3,(H,21,22);1-5H,6-10H2. The summed E-state index contributed by atoms with van der Waals surface area (Å²) >= 11 is 0. The molecular weight excluding hydrogens is 472 g/mol. The van der Waals surface area contributed by atoms with Crippen LogP contribution in [0.3, 0.4) is 0 Å². The van der Waals surface area contributed by atoms with Crippen molar-refractivity contribution in [2.24, 2.45) is 0 Å². The Hall–Kier alpha value is -3.74. The number of piperidine rings is 1. The SMILES string of the molecule is COc1ccccc1-c1n[nH]c2c1CN(Cc1ccccc1)CC2.O=C1CCN(Cc2ccccc2)CC1. The number of fused-ring (bicyclic) bond motifs is 1. The number of H-pyrrole nitrogens is 1. The van der Waals surface area contributed by atoms with Crippen LogP contribution in [0.2, 0.25) is 0 Å². The van der Waals surface area contributed by atoms with Gasteiger partial charge in [-0.2, -0.15) is 5.10 Å². The molecule has 0 bridgehead atoms. The molecule has 3 heterocycles. The topological polar surface area (TPSA) is 61.5 Å². The van der Waals surface area contributed by atoms with Crippen LogP contribution in [0.1, 0.15) is 35.2 Å². The fraction of sp³-hybridized carbons (Fsp3) is 0.312. The van der Waals surface area contributed by atoms with Crippen LogP contribution in [0.15, 0.2) is 84.9 Å². The second kappa shape index (κ2) is 12.7. The van der Waals surface area contributed by atoms with Gasteiger partial charge in [0.15, 0.2) is 0 Å². The number of rotatable bonds is 6. The Bertz CT molecular complexity index is 1310. The van der Waals surface area contributed by atoms with Crippen LogP contribution < -0.4 is 4.74 Å². The maximum atomic E-state index is 11.0. The number of methoxy groups -OCH3 is 1. The predicted molar refractivity (Wildman–Crippen MR) is 151 cm³/mol. The quantitative estimate of drug-likeness (QED) is 0.373. The van der Waals surface area contributed by atoms with Crippen molar-refractivity contribution in [3.05, 3.63) is 107 Å². The molecule has 2 aliphatic rings. The number of ether oxygens (including phenoxy) is 1. The van der Waals surface area contributed by atoms with Gasteiger partial charge in [-0.25, -0.2) is 0 Å². The molecule has 4 aromatic rings. The molecule has 1 aromatic heterocycles. The maximum absolute atomic E-state index is 11.0. The first-order chi connectivity index (χ1) is 18.7. The normalized spacial score (nSPS) is 15.9. The molecule has 0 spiro atoms. The summed E-state index contributed by atoms with van der Waals surface area (Å²) in [5.41, 5.74) is 7.30. The van der Waals surface area contributed by atoms with Crippen LogP contribution in [0.25, 0.3) is 11.3 Å². The maximum Gasteiger partial charge on any atom is 0.135 e. The lowest BCUT2D eigenvalue weighted by Crippen LogP contribution is -2.33. The highest BCUT2D eigenvalue weighted by atomic mass is 16.5. The van der Waals surface area contributed by atoms with Crippen molar-refractivity contribution in [2.45, 2.75) is 38.9 Å². The van der Waals surface area contributed by atoms with Crippen LogP contribution in [-0.4, -0.2) is 52.5 Å². The van der Waals surface area contributed by atoms with Gasteiger partial charge < -0.3 is 4.74 Å². The lowest BCUT2D eigenvalue weighted by Gasteiger charge is -2.27. The van der Waals surface area contributed by atoms with E-state index in [4.69, 9.17) is 4.74 Å². The molecule has 6 heteroatoms. The highest BCUT2D eigenvalue weighted by molar-refractivity contribution is 5.79. The Morgan fingerprint density at radius 3 is 2.00 bits per heavy atom. The molecule has 6 nitrogen and oxygen atoms in total. The third kappa shape index (κ3) is 6.57. The summed E-state index contributed by atoms with van der Waals surface area (Å²) in [6, 6.07) is 29.1. The third-order valence-electron chi connectivity index (χ3n) is 7.29. The van der Waals surface area contributed by atoms with Gasteiger partial charge in [-0.1, -0.05) is 72.8 Å².